The molecule has 0 radical (unpaired) electrons. The van der Waals surface area contributed by atoms with Gasteiger partial charge in [-0.3, -0.25) is 0 Å². The lowest BCUT2D eigenvalue weighted by Crippen LogP contribution is -2.00. The third-order valence-electron chi connectivity index (χ3n) is 2.18. The maximum Gasteiger partial charge on any atom is 0.0462 e. The molecule has 1 rings (SSSR count). The minimum Gasteiger partial charge on any atom is -0.351 e. The zero-order valence-electron chi connectivity index (χ0n) is 9.24. The van der Waals surface area contributed by atoms with Gasteiger partial charge in [0, 0.05) is 25.0 Å². The van der Waals surface area contributed by atoms with Crippen LogP contribution >= 0.6 is 0 Å². The highest BCUT2D eigenvalue weighted by Crippen LogP contribution is 2.06. The highest BCUT2D eigenvalue weighted by Gasteiger charge is 1.97. The first kappa shape index (κ1) is 12.8. The molecule has 1 aromatic rings. The predicted octanol–water partition coefficient (Wildman–Crippen LogP) is 3.38. The second-order valence-corrected chi connectivity index (χ2v) is 3.30. The number of rotatable bonds is 5. The van der Waals surface area contributed by atoms with E-state index in [-0.39, 0.29) is 0 Å². The Balaban J connectivity index is 0.000000791. The molecule has 2 heteroatoms. The molecule has 14 heavy (non-hydrogen) atoms. The molecule has 0 unspecified atom stereocenters. The van der Waals surface area contributed by atoms with E-state index in [1.807, 2.05) is 0 Å². The van der Waals surface area contributed by atoms with Crippen LogP contribution < -0.4 is 0 Å². The van der Waals surface area contributed by atoms with Crippen molar-refractivity contribution in [3.63, 3.8) is 0 Å². The molecule has 0 spiro atoms. The molecule has 0 amide bonds. The lowest BCUT2D eigenvalue weighted by Gasteiger charge is -2.06. The third kappa shape index (κ3) is 4.13. The van der Waals surface area contributed by atoms with E-state index in [1.165, 1.54) is 37.9 Å². The fraction of sp³-hybridized carbons (Fsp3) is 0.583. The van der Waals surface area contributed by atoms with Crippen molar-refractivity contribution in [1.29, 1.82) is 5.26 Å². The molecular formula is C12H20N2. The second-order valence-electron chi connectivity index (χ2n) is 3.30. The Labute approximate surface area is 87.2 Å². The fourth-order valence-electron chi connectivity index (χ4n) is 1.48. The SMILES string of the molecule is C#N.CCCCn1cccc1CCC. The van der Waals surface area contributed by atoms with Crippen LogP contribution in [-0.4, -0.2) is 4.57 Å². The molecular weight excluding hydrogens is 172 g/mol. The first-order valence-electron chi connectivity index (χ1n) is 5.28. The summed E-state index contributed by atoms with van der Waals surface area (Å²) in [6.45, 7) is 9.17. The van der Waals surface area contributed by atoms with Gasteiger partial charge in [0.05, 0.1) is 0 Å². The van der Waals surface area contributed by atoms with Gasteiger partial charge >= 0.3 is 0 Å². The molecule has 0 aliphatic rings. The van der Waals surface area contributed by atoms with E-state index in [0.717, 1.165) is 0 Å². The van der Waals surface area contributed by atoms with Crippen molar-refractivity contribution < 1.29 is 0 Å². The van der Waals surface area contributed by atoms with Crippen LogP contribution in [0.4, 0.5) is 0 Å². The average Bonchev–Trinajstić information content (AvgIpc) is 2.66. The summed E-state index contributed by atoms with van der Waals surface area (Å²) in [5.74, 6) is 0. The number of nitrogens with zero attached hydrogens (tertiary/aromatic N) is 2. The smallest absolute Gasteiger partial charge is 0.0462 e. The van der Waals surface area contributed by atoms with Gasteiger partial charge < -0.3 is 4.57 Å². The van der Waals surface area contributed by atoms with Crippen LogP contribution in [0, 0.1) is 11.8 Å². The number of hydrogen-bond donors (Lipinski definition) is 0. The topological polar surface area (TPSA) is 28.7 Å². The summed E-state index contributed by atoms with van der Waals surface area (Å²) in [7, 11) is 0. The molecule has 0 aliphatic carbocycles. The normalized spacial score (nSPS) is 9.14. The maximum absolute atomic E-state index is 6.50. The molecule has 0 aliphatic heterocycles. The van der Waals surface area contributed by atoms with Gasteiger partial charge in [-0.1, -0.05) is 26.7 Å². The Morgan fingerprint density at radius 1 is 1.29 bits per heavy atom. The van der Waals surface area contributed by atoms with E-state index in [4.69, 9.17) is 5.26 Å². The van der Waals surface area contributed by atoms with Crippen molar-refractivity contribution in [2.24, 2.45) is 0 Å². The molecule has 0 aromatic carbocycles. The molecule has 1 heterocycles. The number of aryl methyl sites for hydroxylation is 2. The van der Waals surface area contributed by atoms with Gasteiger partial charge in [-0.15, -0.1) is 0 Å². The van der Waals surface area contributed by atoms with Crippen molar-refractivity contribution >= 4 is 0 Å². The number of unbranched alkanes of at least 4 members (excludes halogenated alkanes) is 1. The van der Waals surface area contributed by atoms with Crippen LogP contribution in [0.15, 0.2) is 18.3 Å². The van der Waals surface area contributed by atoms with Crippen molar-refractivity contribution in [3.8, 4) is 6.57 Å². The Kier molecular flexibility index (Phi) is 7.64. The molecule has 2 nitrogen and oxygen atoms in total. The first-order valence-corrected chi connectivity index (χ1v) is 5.28. The van der Waals surface area contributed by atoms with Gasteiger partial charge in [0.1, 0.15) is 0 Å². The molecule has 0 saturated heterocycles. The van der Waals surface area contributed by atoms with Gasteiger partial charge in [-0.05, 0) is 25.0 Å². The summed E-state index contributed by atoms with van der Waals surface area (Å²) in [5, 5.41) is 6.50. The fourth-order valence-corrected chi connectivity index (χ4v) is 1.48. The van der Waals surface area contributed by atoms with E-state index in [2.05, 4.69) is 43.3 Å². The maximum atomic E-state index is 6.50. The monoisotopic (exact) mass is 192 g/mol. The van der Waals surface area contributed by atoms with Crippen LogP contribution in [0.5, 0.6) is 0 Å². The Morgan fingerprint density at radius 2 is 2.00 bits per heavy atom. The molecule has 78 valence electrons. The van der Waals surface area contributed by atoms with Gasteiger partial charge in [-0.25, -0.2) is 5.26 Å². The van der Waals surface area contributed by atoms with Crippen molar-refractivity contribution in [2.75, 3.05) is 0 Å². The molecule has 0 bridgehead atoms. The molecule has 0 fully saturated rings. The first-order chi connectivity index (χ1) is 6.88. The van der Waals surface area contributed by atoms with Gasteiger partial charge in [0.25, 0.3) is 0 Å². The Hall–Kier alpha value is -1.23. The van der Waals surface area contributed by atoms with Crippen LogP contribution in [0.25, 0.3) is 0 Å². The number of nitriles is 1. The van der Waals surface area contributed by atoms with Crippen LogP contribution in [0.3, 0.4) is 0 Å². The summed E-state index contributed by atoms with van der Waals surface area (Å²) in [5.41, 5.74) is 1.49. The van der Waals surface area contributed by atoms with Gasteiger partial charge in [0.2, 0.25) is 0 Å². The van der Waals surface area contributed by atoms with Crippen LogP contribution in [-0.2, 0) is 13.0 Å². The van der Waals surface area contributed by atoms with E-state index in [9.17, 15) is 0 Å². The minimum atomic E-state index is 1.19. The highest BCUT2D eigenvalue weighted by molar-refractivity contribution is 5.06. The van der Waals surface area contributed by atoms with Crippen molar-refractivity contribution in [1.82, 2.24) is 4.57 Å². The predicted molar refractivity (Wildman–Crippen MR) is 60.0 cm³/mol. The summed E-state index contributed by atoms with van der Waals surface area (Å²) in [6.07, 6.45) is 7.24. The summed E-state index contributed by atoms with van der Waals surface area (Å²) in [6, 6.07) is 4.39. The largest absolute Gasteiger partial charge is 0.351 e. The number of aromatic nitrogens is 1. The third-order valence-corrected chi connectivity index (χ3v) is 2.18. The van der Waals surface area contributed by atoms with Gasteiger partial charge in [-0.2, -0.15) is 0 Å². The molecule has 0 N–H and O–H groups in total. The minimum absolute atomic E-state index is 1.19. The summed E-state index contributed by atoms with van der Waals surface area (Å²) >= 11 is 0. The zero-order chi connectivity index (χ0) is 10.8. The quantitative estimate of drug-likeness (QED) is 0.703. The van der Waals surface area contributed by atoms with Crippen LogP contribution in [0.2, 0.25) is 0 Å². The number of hydrogen-bond acceptors (Lipinski definition) is 1. The molecule has 1 aromatic heterocycles. The van der Waals surface area contributed by atoms with Crippen LogP contribution in [0.1, 0.15) is 38.8 Å². The summed E-state index contributed by atoms with van der Waals surface area (Å²) in [4.78, 5) is 0. The zero-order valence-corrected chi connectivity index (χ0v) is 9.24. The summed E-state index contributed by atoms with van der Waals surface area (Å²) < 4.78 is 2.38. The molecule has 0 atom stereocenters. The van der Waals surface area contributed by atoms with E-state index >= 15 is 0 Å². The lowest BCUT2D eigenvalue weighted by molar-refractivity contribution is 0.606. The van der Waals surface area contributed by atoms with E-state index in [1.54, 1.807) is 0 Å². The Morgan fingerprint density at radius 3 is 2.57 bits per heavy atom. The van der Waals surface area contributed by atoms with E-state index < -0.39 is 0 Å². The molecule has 0 saturated carbocycles. The Bertz CT molecular complexity index is 248. The van der Waals surface area contributed by atoms with E-state index in [0.29, 0.717) is 0 Å². The van der Waals surface area contributed by atoms with Crippen molar-refractivity contribution in [3.05, 3.63) is 24.0 Å². The lowest BCUT2D eigenvalue weighted by atomic mass is 10.2. The highest BCUT2D eigenvalue weighted by atomic mass is 15.0. The average molecular weight is 192 g/mol. The second kappa shape index (κ2) is 8.37. The van der Waals surface area contributed by atoms with Crippen molar-refractivity contribution in [2.45, 2.75) is 46.1 Å². The van der Waals surface area contributed by atoms with Gasteiger partial charge in [0.15, 0.2) is 0 Å². The standard InChI is InChI=1S/C11H19N.CHN/c1-3-5-9-12-10-6-8-11(12)7-4-2;1-2/h6,8,10H,3-5,7,9H2,1-2H3;1H.